The lowest BCUT2D eigenvalue weighted by Gasteiger charge is -2.12. The minimum Gasteiger partial charge on any atom is -0.481 e. The van der Waals surface area contributed by atoms with E-state index in [1.54, 1.807) is 6.92 Å². The Kier molecular flexibility index (Phi) is 4.86. The number of carbonyl (C=O) groups is 1. The molecule has 0 rings (SSSR count). The van der Waals surface area contributed by atoms with E-state index in [4.69, 9.17) is 10.2 Å². The average molecular weight is 160 g/mol. The van der Waals surface area contributed by atoms with Crippen LogP contribution in [0.3, 0.4) is 0 Å². The third-order valence-electron chi connectivity index (χ3n) is 1.61. The molecule has 0 amide bonds. The lowest BCUT2D eigenvalue weighted by atomic mass is 9.97. The monoisotopic (exact) mass is 160 g/mol. The van der Waals surface area contributed by atoms with Gasteiger partial charge in [-0.25, -0.2) is 0 Å². The Labute approximate surface area is 67.0 Å². The number of hydrogen-bond acceptors (Lipinski definition) is 2. The van der Waals surface area contributed by atoms with Crippen molar-refractivity contribution in [3.8, 4) is 0 Å². The van der Waals surface area contributed by atoms with Gasteiger partial charge in [-0.05, 0) is 19.8 Å². The van der Waals surface area contributed by atoms with Crippen LogP contribution in [0.15, 0.2) is 0 Å². The van der Waals surface area contributed by atoms with Crippen molar-refractivity contribution in [2.24, 2.45) is 5.92 Å². The van der Waals surface area contributed by atoms with Crippen LogP contribution in [0.1, 0.15) is 33.1 Å². The van der Waals surface area contributed by atoms with Crippen molar-refractivity contribution in [2.45, 2.75) is 39.2 Å². The topological polar surface area (TPSA) is 57.5 Å². The van der Waals surface area contributed by atoms with Crippen LogP contribution in [-0.2, 0) is 4.79 Å². The van der Waals surface area contributed by atoms with Gasteiger partial charge in [0.05, 0.1) is 12.0 Å². The lowest BCUT2D eigenvalue weighted by Crippen LogP contribution is -2.18. The smallest absolute Gasteiger partial charge is 0.306 e. The molecule has 0 unspecified atom stereocenters. The summed E-state index contributed by atoms with van der Waals surface area (Å²) in [5, 5.41) is 17.6. The molecule has 3 heteroatoms. The Morgan fingerprint density at radius 3 is 2.36 bits per heavy atom. The molecule has 0 saturated carbocycles. The van der Waals surface area contributed by atoms with Gasteiger partial charge in [-0.1, -0.05) is 13.3 Å². The number of aliphatic hydroxyl groups excluding tert-OH is 1. The first kappa shape index (κ1) is 10.4. The van der Waals surface area contributed by atoms with Crippen molar-refractivity contribution in [2.75, 3.05) is 0 Å². The fraction of sp³-hybridized carbons (Fsp3) is 0.875. The highest BCUT2D eigenvalue weighted by Gasteiger charge is 2.17. The van der Waals surface area contributed by atoms with Crippen molar-refractivity contribution in [3.05, 3.63) is 0 Å². The summed E-state index contributed by atoms with van der Waals surface area (Å²) in [6.07, 6.45) is 1.36. The Morgan fingerprint density at radius 2 is 2.09 bits per heavy atom. The van der Waals surface area contributed by atoms with Crippen LogP contribution in [-0.4, -0.2) is 22.3 Å². The molecule has 0 bridgehead atoms. The Balaban J connectivity index is 3.79. The number of aliphatic carboxylic acids is 1. The van der Waals surface area contributed by atoms with Gasteiger partial charge in [0, 0.05) is 0 Å². The van der Waals surface area contributed by atoms with E-state index in [0.717, 1.165) is 6.42 Å². The third kappa shape index (κ3) is 4.79. The number of carboxylic acid groups (broad SMARTS) is 1. The molecule has 0 aromatic rings. The predicted molar refractivity (Wildman–Crippen MR) is 42.3 cm³/mol. The zero-order valence-corrected chi connectivity index (χ0v) is 7.08. The van der Waals surface area contributed by atoms with Crippen LogP contribution in [0, 0.1) is 5.92 Å². The molecule has 0 spiro atoms. The van der Waals surface area contributed by atoms with E-state index in [-0.39, 0.29) is 5.92 Å². The van der Waals surface area contributed by atoms with Gasteiger partial charge in [0.15, 0.2) is 0 Å². The van der Waals surface area contributed by atoms with Crippen LogP contribution < -0.4 is 0 Å². The second-order valence-electron chi connectivity index (χ2n) is 2.91. The number of rotatable bonds is 5. The molecule has 0 aliphatic carbocycles. The highest BCUT2D eigenvalue weighted by atomic mass is 16.4. The summed E-state index contributed by atoms with van der Waals surface area (Å²) < 4.78 is 0. The van der Waals surface area contributed by atoms with E-state index in [2.05, 4.69) is 0 Å². The summed E-state index contributed by atoms with van der Waals surface area (Å²) in [4.78, 5) is 10.5. The Morgan fingerprint density at radius 1 is 1.55 bits per heavy atom. The van der Waals surface area contributed by atoms with Gasteiger partial charge in [0.25, 0.3) is 0 Å². The van der Waals surface area contributed by atoms with Crippen LogP contribution in [0.4, 0.5) is 0 Å². The fourth-order valence-corrected chi connectivity index (χ4v) is 1.10. The van der Waals surface area contributed by atoms with Gasteiger partial charge in [-0.3, -0.25) is 4.79 Å². The summed E-state index contributed by atoms with van der Waals surface area (Å²) in [7, 11) is 0. The highest BCUT2D eigenvalue weighted by molar-refractivity contribution is 5.69. The molecule has 0 aliphatic heterocycles. The standard InChI is InChI=1S/C8H16O3/c1-3-4-7(8(10)11)5-6(2)9/h6-7,9H,3-5H2,1-2H3,(H,10,11)/t6-,7-/m0/s1. The molecule has 0 aromatic carbocycles. The van der Waals surface area contributed by atoms with E-state index in [0.29, 0.717) is 12.8 Å². The Hall–Kier alpha value is -0.570. The van der Waals surface area contributed by atoms with Crippen LogP contribution >= 0.6 is 0 Å². The second-order valence-corrected chi connectivity index (χ2v) is 2.91. The molecule has 0 aromatic heterocycles. The van der Waals surface area contributed by atoms with Gasteiger partial charge >= 0.3 is 5.97 Å². The zero-order chi connectivity index (χ0) is 8.85. The second kappa shape index (κ2) is 5.13. The largest absolute Gasteiger partial charge is 0.481 e. The normalized spacial score (nSPS) is 15.9. The molecule has 2 atom stereocenters. The van der Waals surface area contributed by atoms with Gasteiger partial charge in [-0.15, -0.1) is 0 Å². The summed E-state index contributed by atoms with van der Waals surface area (Å²) in [6, 6.07) is 0. The van der Waals surface area contributed by atoms with E-state index >= 15 is 0 Å². The Bertz CT molecular complexity index is 121. The van der Waals surface area contributed by atoms with E-state index in [1.165, 1.54) is 0 Å². The van der Waals surface area contributed by atoms with Crippen molar-refractivity contribution in [1.82, 2.24) is 0 Å². The first-order valence-electron chi connectivity index (χ1n) is 3.98. The maximum atomic E-state index is 10.5. The maximum Gasteiger partial charge on any atom is 0.306 e. The molecule has 11 heavy (non-hydrogen) atoms. The highest BCUT2D eigenvalue weighted by Crippen LogP contribution is 2.13. The van der Waals surface area contributed by atoms with Gasteiger partial charge in [0.2, 0.25) is 0 Å². The van der Waals surface area contributed by atoms with Crippen molar-refractivity contribution in [1.29, 1.82) is 0 Å². The van der Waals surface area contributed by atoms with Gasteiger partial charge < -0.3 is 10.2 Å². The molecule has 0 aliphatic rings. The minimum atomic E-state index is -0.798. The minimum absolute atomic E-state index is 0.364. The molecule has 3 nitrogen and oxygen atoms in total. The molecule has 2 N–H and O–H groups in total. The van der Waals surface area contributed by atoms with Crippen LogP contribution in [0.5, 0.6) is 0 Å². The molecule has 0 heterocycles. The number of hydrogen-bond donors (Lipinski definition) is 2. The zero-order valence-electron chi connectivity index (χ0n) is 7.08. The molecule has 0 saturated heterocycles. The quantitative estimate of drug-likeness (QED) is 0.636. The molecule has 0 radical (unpaired) electrons. The number of carboxylic acids is 1. The molecule has 0 fully saturated rings. The predicted octanol–water partition coefficient (Wildman–Crippen LogP) is 1.26. The third-order valence-corrected chi connectivity index (χ3v) is 1.61. The van der Waals surface area contributed by atoms with E-state index in [1.807, 2.05) is 6.92 Å². The fourth-order valence-electron chi connectivity index (χ4n) is 1.10. The maximum absolute atomic E-state index is 10.5. The van der Waals surface area contributed by atoms with Crippen molar-refractivity contribution in [3.63, 3.8) is 0 Å². The van der Waals surface area contributed by atoms with Crippen LogP contribution in [0.2, 0.25) is 0 Å². The molecular weight excluding hydrogens is 144 g/mol. The number of aliphatic hydroxyl groups is 1. The summed E-state index contributed by atoms with van der Waals surface area (Å²) in [6.45, 7) is 3.56. The van der Waals surface area contributed by atoms with E-state index in [9.17, 15) is 4.79 Å². The first-order chi connectivity index (χ1) is 5.07. The molecular formula is C8H16O3. The first-order valence-corrected chi connectivity index (χ1v) is 3.98. The summed E-state index contributed by atoms with van der Waals surface area (Å²) in [5.74, 6) is -1.17. The van der Waals surface area contributed by atoms with Crippen LogP contribution in [0.25, 0.3) is 0 Å². The van der Waals surface area contributed by atoms with Gasteiger partial charge in [-0.2, -0.15) is 0 Å². The molecule has 66 valence electrons. The van der Waals surface area contributed by atoms with Crippen molar-refractivity contribution >= 4 is 5.97 Å². The summed E-state index contributed by atoms with van der Waals surface area (Å²) in [5.41, 5.74) is 0. The SMILES string of the molecule is CCC[C@@H](C[C@H](C)O)C(=O)O. The van der Waals surface area contributed by atoms with E-state index < -0.39 is 12.1 Å². The average Bonchev–Trinajstić information content (AvgIpc) is 1.86. The van der Waals surface area contributed by atoms with Gasteiger partial charge in [0.1, 0.15) is 0 Å². The summed E-state index contributed by atoms with van der Waals surface area (Å²) >= 11 is 0. The van der Waals surface area contributed by atoms with Crippen molar-refractivity contribution < 1.29 is 15.0 Å². The lowest BCUT2D eigenvalue weighted by molar-refractivity contribution is -0.143.